The molecule has 0 bridgehead atoms. The van der Waals surface area contributed by atoms with Crippen molar-refractivity contribution in [2.75, 3.05) is 20.7 Å². The Morgan fingerprint density at radius 2 is 1.31 bits per heavy atom. The van der Waals surface area contributed by atoms with Crippen molar-refractivity contribution in [3.8, 4) is 18.1 Å². The molecule has 0 fully saturated rings. The van der Waals surface area contributed by atoms with Crippen molar-refractivity contribution in [2.24, 2.45) is 0 Å². The molecule has 0 spiro atoms. The third kappa shape index (κ3) is 8.60. The van der Waals surface area contributed by atoms with E-state index in [0.717, 1.165) is 12.8 Å². The largest absolute Gasteiger partial charge is 0.492 e. The number of benzene rings is 1. The van der Waals surface area contributed by atoms with Gasteiger partial charge in [-0.1, -0.05) is 70.6 Å². The van der Waals surface area contributed by atoms with Crippen LogP contribution in [0.3, 0.4) is 0 Å². The Morgan fingerprint density at radius 3 is 1.72 bits per heavy atom. The smallest absolute Gasteiger partial charge is 0.254 e. The molecule has 5 heteroatoms. The second kappa shape index (κ2) is 14.5. The Morgan fingerprint density at radius 1 is 0.862 bits per heavy atom. The molecule has 1 rings (SSSR count). The number of amides is 2. The maximum atomic E-state index is 12.3. The van der Waals surface area contributed by atoms with Crippen LogP contribution in [-0.4, -0.2) is 32.5 Å². The number of unbranched alkanes of at least 4 members (excludes halogenated alkanes) is 9. The van der Waals surface area contributed by atoms with Gasteiger partial charge in [0.25, 0.3) is 11.8 Å². The molecule has 1 aromatic rings. The lowest BCUT2D eigenvalue weighted by molar-refractivity contribution is 0.0955. The minimum atomic E-state index is -0.328. The average molecular weight is 401 g/mol. The van der Waals surface area contributed by atoms with Crippen LogP contribution in [0.2, 0.25) is 0 Å². The molecular weight excluding hydrogens is 364 g/mol. The van der Waals surface area contributed by atoms with Crippen molar-refractivity contribution < 1.29 is 14.3 Å². The molecule has 2 amide bonds. The lowest BCUT2D eigenvalue weighted by Gasteiger charge is -2.15. The van der Waals surface area contributed by atoms with E-state index in [4.69, 9.17) is 11.2 Å². The summed E-state index contributed by atoms with van der Waals surface area (Å²) in [5, 5.41) is 5.16. The van der Waals surface area contributed by atoms with Crippen molar-refractivity contribution in [1.29, 1.82) is 0 Å². The van der Waals surface area contributed by atoms with Gasteiger partial charge in [0.1, 0.15) is 5.75 Å². The van der Waals surface area contributed by atoms with Gasteiger partial charge >= 0.3 is 0 Å². The lowest BCUT2D eigenvalue weighted by atomic mass is 10.0. The van der Waals surface area contributed by atoms with E-state index in [1.54, 1.807) is 12.1 Å². The normalized spacial score (nSPS) is 10.3. The molecule has 2 N–H and O–H groups in total. The maximum absolute atomic E-state index is 12.3. The zero-order valence-corrected chi connectivity index (χ0v) is 18.2. The van der Waals surface area contributed by atoms with Crippen LogP contribution in [0.15, 0.2) is 12.1 Å². The molecule has 0 aliphatic carbocycles. The molecule has 0 aromatic heterocycles. The van der Waals surface area contributed by atoms with Crippen molar-refractivity contribution in [2.45, 2.75) is 71.1 Å². The molecule has 0 heterocycles. The van der Waals surface area contributed by atoms with Gasteiger partial charge in [-0.3, -0.25) is 9.59 Å². The highest BCUT2D eigenvalue weighted by molar-refractivity contribution is 6.04. The highest BCUT2D eigenvalue weighted by Crippen LogP contribution is 2.27. The molecule has 160 valence electrons. The topological polar surface area (TPSA) is 67.4 Å². The zero-order valence-electron chi connectivity index (χ0n) is 18.2. The van der Waals surface area contributed by atoms with Crippen molar-refractivity contribution in [3.05, 3.63) is 28.8 Å². The predicted octanol–water partition coefficient (Wildman–Crippen LogP) is 4.69. The molecule has 0 atom stereocenters. The van der Waals surface area contributed by atoms with E-state index in [2.05, 4.69) is 23.5 Å². The van der Waals surface area contributed by atoms with Gasteiger partial charge in [0, 0.05) is 19.7 Å². The Kier molecular flexibility index (Phi) is 12.3. The van der Waals surface area contributed by atoms with Gasteiger partial charge in [0.2, 0.25) is 0 Å². The Bertz CT molecular complexity index is 655. The summed E-state index contributed by atoms with van der Waals surface area (Å²) in [4.78, 5) is 24.6. The summed E-state index contributed by atoms with van der Waals surface area (Å²) in [6.45, 7) is 2.70. The Labute approximate surface area is 176 Å². The summed E-state index contributed by atoms with van der Waals surface area (Å²) in [5.74, 6) is 2.12. The number of hydrogen-bond donors (Lipinski definition) is 2. The van der Waals surface area contributed by atoms with Gasteiger partial charge in [-0.15, -0.1) is 6.42 Å². The number of rotatable bonds is 14. The maximum Gasteiger partial charge on any atom is 0.254 e. The predicted molar refractivity (Wildman–Crippen MR) is 118 cm³/mol. The SMILES string of the molecule is C#Cc1cc(C(=O)NC)c(OCCCCCCCCCCCC)c(C(=O)NC)c1. The van der Waals surface area contributed by atoms with E-state index in [1.165, 1.54) is 65.5 Å². The van der Waals surface area contributed by atoms with Crippen LogP contribution in [-0.2, 0) is 0 Å². The lowest BCUT2D eigenvalue weighted by Crippen LogP contribution is -2.24. The van der Waals surface area contributed by atoms with Gasteiger partial charge in [-0.25, -0.2) is 0 Å². The minimum Gasteiger partial charge on any atom is -0.492 e. The monoisotopic (exact) mass is 400 g/mol. The first-order chi connectivity index (χ1) is 14.1. The number of hydrogen-bond acceptors (Lipinski definition) is 3. The fourth-order valence-corrected chi connectivity index (χ4v) is 3.24. The summed E-state index contributed by atoms with van der Waals surface area (Å²) >= 11 is 0. The van der Waals surface area contributed by atoms with Crippen molar-refractivity contribution in [1.82, 2.24) is 10.6 Å². The van der Waals surface area contributed by atoms with E-state index in [9.17, 15) is 9.59 Å². The van der Waals surface area contributed by atoms with Gasteiger partial charge < -0.3 is 15.4 Å². The minimum absolute atomic E-state index is 0.286. The summed E-state index contributed by atoms with van der Waals surface area (Å²) in [7, 11) is 3.08. The van der Waals surface area contributed by atoms with Gasteiger partial charge in [0.15, 0.2) is 0 Å². The number of carbonyl (C=O) groups is 2. The second-order valence-electron chi connectivity index (χ2n) is 7.23. The van der Waals surface area contributed by atoms with Crippen LogP contribution in [0.25, 0.3) is 0 Å². The first kappa shape index (κ1) is 24.6. The fraction of sp³-hybridized carbons (Fsp3) is 0.583. The number of nitrogens with one attached hydrogen (secondary N) is 2. The van der Waals surface area contributed by atoms with E-state index in [0.29, 0.717) is 17.9 Å². The van der Waals surface area contributed by atoms with Crippen molar-refractivity contribution >= 4 is 11.8 Å². The van der Waals surface area contributed by atoms with Crippen LogP contribution < -0.4 is 15.4 Å². The number of ether oxygens (including phenoxy) is 1. The summed E-state index contributed by atoms with van der Waals surface area (Å²) in [6.07, 6.45) is 17.8. The number of carbonyl (C=O) groups excluding carboxylic acids is 2. The molecule has 0 aliphatic rings. The van der Waals surface area contributed by atoms with E-state index < -0.39 is 0 Å². The van der Waals surface area contributed by atoms with E-state index >= 15 is 0 Å². The summed E-state index contributed by atoms with van der Waals surface area (Å²) < 4.78 is 5.90. The zero-order chi connectivity index (χ0) is 21.5. The average Bonchev–Trinajstić information content (AvgIpc) is 2.75. The van der Waals surface area contributed by atoms with Crippen LogP contribution in [0.5, 0.6) is 5.75 Å². The third-order valence-electron chi connectivity index (χ3n) is 4.94. The van der Waals surface area contributed by atoms with Crippen LogP contribution in [0.1, 0.15) is 97.4 Å². The number of terminal acetylenes is 1. The highest BCUT2D eigenvalue weighted by Gasteiger charge is 2.21. The van der Waals surface area contributed by atoms with E-state index in [-0.39, 0.29) is 22.9 Å². The molecule has 0 saturated carbocycles. The molecule has 0 unspecified atom stereocenters. The molecule has 0 aliphatic heterocycles. The Hall–Kier alpha value is -2.48. The second-order valence-corrected chi connectivity index (χ2v) is 7.23. The molecule has 1 aromatic carbocycles. The molecule has 5 nitrogen and oxygen atoms in total. The molecule has 29 heavy (non-hydrogen) atoms. The van der Waals surface area contributed by atoms with Crippen LogP contribution in [0.4, 0.5) is 0 Å². The standard InChI is InChI=1S/C24H36N2O3/c1-5-7-8-9-10-11-12-13-14-15-16-29-22-20(23(27)25-3)17-19(6-2)18-21(22)24(28)26-4/h2,17-18H,5,7-16H2,1,3-4H3,(H,25,27)(H,26,28). The highest BCUT2D eigenvalue weighted by atomic mass is 16.5. The van der Waals surface area contributed by atoms with Gasteiger partial charge in [0.05, 0.1) is 17.7 Å². The fourth-order valence-electron chi connectivity index (χ4n) is 3.24. The van der Waals surface area contributed by atoms with Gasteiger partial charge in [-0.2, -0.15) is 0 Å². The first-order valence-corrected chi connectivity index (χ1v) is 10.8. The molecule has 0 saturated heterocycles. The van der Waals surface area contributed by atoms with Crippen LogP contribution in [0, 0.1) is 12.3 Å². The Balaban J connectivity index is 2.58. The third-order valence-corrected chi connectivity index (χ3v) is 4.94. The quantitative estimate of drug-likeness (QED) is 0.352. The molecular formula is C24H36N2O3. The summed E-state index contributed by atoms with van der Waals surface area (Å²) in [6, 6.07) is 3.16. The molecule has 0 radical (unpaired) electrons. The van der Waals surface area contributed by atoms with Gasteiger partial charge in [-0.05, 0) is 18.6 Å². The van der Waals surface area contributed by atoms with E-state index in [1.807, 2.05) is 0 Å². The van der Waals surface area contributed by atoms with Crippen molar-refractivity contribution in [3.63, 3.8) is 0 Å². The summed E-state index contributed by atoms with van der Waals surface area (Å²) in [5.41, 5.74) is 1.04. The van der Waals surface area contributed by atoms with Crippen LogP contribution >= 0.6 is 0 Å². The first-order valence-electron chi connectivity index (χ1n) is 10.8.